The van der Waals surface area contributed by atoms with Gasteiger partial charge < -0.3 is 9.80 Å². The molecular formula is C137H144N2. The minimum atomic E-state index is -0.205. The van der Waals surface area contributed by atoms with E-state index in [1.165, 1.54) is 200 Å². The van der Waals surface area contributed by atoms with E-state index in [2.05, 4.69) is 545 Å². The lowest BCUT2D eigenvalue weighted by atomic mass is 9.75. The molecule has 0 aromatic heterocycles. The monoisotopic (exact) mass is 1820 g/mol. The molecule has 0 N–H and O–H groups in total. The van der Waals surface area contributed by atoms with Crippen LogP contribution >= 0.6 is 0 Å². The van der Waals surface area contributed by atoms with Gasteiger partial charge in [0.1, 0.15) is 0 Å². The van der Waals surface area contributed by atoms with Gasteiger partial charge in [0.05, 0.1) is 0 Å². The van der Waals surface area contributed by atoms with Crippen LogP contribution < -0.4 is 9.80 Å². The van der Waals surface area contributed by atoms with E-state index in [9.17, 15) is 0 Å². The van der Waals surface area contributed by atoms with Gasteiger partial charge in [0.15, 0.2) is 0 Å². The largest absolute Gasteiger partial charge is 0.310 e. The first kappa shape index (κ1) is 95.1. The average molecular weight is 1820 g/mol. The number of benzene rings is 16. The molecule has 2 heteroatoms. The van der Waals surface area contributed by atoms with Gasteiger partial charge in [-0.25, -0.2) is 0 Å². The molecule has 0 atom stereocenters. The summed E-state index contributed by atoms with van der Waals surface area (Å²) in [5.41, 5.74) is 54.0. The van der Waals surface area contributed by atoms with E-state index in [1.54, 1.807) is 0 Å². The van der Waals surface area contributed by atoms with E-state index in [-0.39, 0.29) is 59.6 Å². The van der Waals surface area contributed by atoms with Gasteiger partial charge in [0.2, 0.25) is 0 Å². The van der Waals surface area contributed by atoms with Crippen LogP contribution in [0.2, 0.25) is 0 Å². The zero-order valence-electron chi connectivity index (χ0n) is 88.6. The maximum atomic E-state index is 2.53. The first-order valence-electron chi connectivity index (χ1n) is 50.9. The second-order valence-electron chi connectivity index (χ2n) is 50.1. The number of fused-ring (bicyclic) bond motifs is 12. The lowest BCUT2D eigenvalue weighted by molar-refractivity contribution is 0.584. The van der Waals surface area contributed by atoms with Crippen molar-refractivity contribution in [3.8, 4) is 111 Å². The molecule has 0 radical (unpaired) electrons. The highest BCUT2D eigenvalue weighted by Gasteiger charge is 2.43. The summed E-state index contributed by atoms with van der Waals surface area (Å²) in [5.74, 6) is 0. The standard InChI is InChI=1S/C70H75N.C67H69N/c1-65(2,3)48-28-22-44(23-29-48)45-24-32-52(33-25-45)71(51-20-18-17-19-21-51)53-42-58(46-26-34-54-56-36-30-49(66(4,5)6)40-62(56)69(13,14)60(54)38-46)64(68(10,11)12)59(43-53)47-27-35-55-57-37-31-50(67(7,8)9)41-63(57)70(15,16)61(55)39-47;1-42-15-27-52(28-16-42)68(53-29-19-44(20-30-53)43-17-23-49(24-18-43)63(2,3)4)54-36-47(45-21-31-55-57-33-25-50(64(5,6)7)40-61(57)66(11,12)59(55)38-45)35-48(37-54)46-22-32-56-58-34-26-51(65(8,9)10)41-62(58)67(13,14)60(56)39-46/h17-43H,1-16H3;15-41H,1-14H3. The van der Waals surface area contributed by atoms with Gasteiger partial charge in [-0.15, -0.1) is 0 Å². The topological polar surface area (TPSA) is 6.48 Å². The third kappa shape index (κ3) is 17.3. The second-order valence-corrected chi connectivity index (χ2v) is 50.1. The Balaban J connectivity index is 0.000000177. The van der Waals surface area contributed by atoms with Crippen LogP contribution in [0.1, 0.15) is 290 Å². The number of para-hydroxylation sites is 1. The van der Waals surface area contributed by atoms with E-state index in [4.69, 9.17) is 0 Å². The maximum Gasteiger partial charge on any atom is 0.0474 e. The molecule has 16 aromatic rings. The molecule has 702 valence electrons. The number of anilines is 6. The van der Waals surface area contributed by atoms with Crippen LogP contribution in [0.25, 0.3) is 111 Å². The Hall–Kier alpha value is -12.9. The Labute approximate surface area is 833 Å². The number of hydrogen-bond donors (Lipinski definition) is 0. The van der Waals surface area contributed by atoms with Crippen LogP contribution in [0.15, 0.2) is 328 Å². The number of nitrogens with zero attached hydrogens (tertiary/aromatic N) is 2. The maximum absolute atomic E-state index is 2.53. The summed E-state index contributed by atoms with van der Waals surface area (Å²) in [6, 6.07) is 127. The zero-order valence-corrected chi connectivity index (χ0v) is 88.6. The van der Waals surface area contributed by atoms with E-state index in [0.717, 1.165) is 34.1 Å². The smallest absolute Gasteiger partial charge is 0.0474 e. The summed E-state index contributed by atoms with van der Waals surface area (Å²) in [4.78, 5) is 4.91. The van der Waals surface area contributed by atoms with Crippen molar-refractivity contribution in [1.29, 1.82) is 0 Å². The predicted octanol–water partition coefficient (Wildman–Crippen LogP) is 38.9. The summed E-state index contributed by atoms with van der Waals surface area (Å²) in [6.07, 6.45) is 0. The summed E-state index contributed by atoms with van der Waals surface area (Å²) in [6.45, 7) is 70.2. The molecule has 0 heterocycles. The lowest BCUT2D eigenvalue weighted by Crippen LogP contribution is -2.19. The van der Waals surface area contributed by atoms with Crippen molar-refractivity contribution in [3.05, 3.63) is 417 Å². The first-order valence-corrected chi connectivity index (χ1v) is 50.9. The molecule has 0 unspecified atom stereocenters. The normalized spacial score (nSPS) is 14.6. The van der Waals surface area contributed by atoms with Gasteiger partial charge in [-0.1, -0.05) is 431 Å². The average Bonchev–Trinajstić information content (AvgIpc) is 1.60. The van der Waals surface area contributed by atoms with Crippen molar-refractivity contribution < 1.29 is 0 Å². The third-order valence-corrected chi connectivity index (χ3v) is 31.5. The number of hydrogen-bond acceptors (Lipinski definition) is 2. The number of rotatable bonds is 12. The molecule has 20 rings (SSSR count). The van der Waals surface area contributed by atoms with Crippen molar-refractivity contribution in [2.24, 2.45) is 0 Å². The SMILES string of the molecule is CC(C)(C)c1ccc(-c2ccc(N(c3ccccc3)c3cc(-c4ccc5c(c4)C(C)(C)c4cc(C(C)(C)C)ccc4-5)c(C(C)(C)C)c(-c4ccc5c(c4)C(C)(C)c4cc(C(C)(C)C)ccc4-5)c3)cc2)cc1.Cc1ccc(N(c2ccc(-c3ccc(C(C)(C)C)cc3)cc2)c2cc(-c3ccc4c(c3)C(C)(C)c3cc(C(C)(C)C)ccc3-4)cc(-c3ccc4c(c3)C(C)(C)c3cc(C(C)(C)C)ccc3-4)c2)cc1. The van der Waals surface area contributed by atoms with Crippen LogP contribution in [0.5, 0.6) is 0 Å². The summed E-state index contributed by atoms with van der Waals surface area (Å²) in [5, 5.41) is 0. The summed E-state index contributed by atoms with van der Waals surface area (Å²) >= 11 is 0. The van der Waals surface area contributed by atoms with Crippen LogP contribution in [0.4, 0.5) is 34.1 Å². The molecule has 139 heavy (non-hydrogen) atoms. The van der Waals surface area contributed by atoms with E-state index >= 15 is 0 Å². The lowest BCUT2D eigenvalue weighted by Gasteiger charge is -2.32. The van der Waals surface area contributed by atoms with Crippen molar-refractivity contribution >= 4 is 34.1 Å². The van der Waals surface area contributed by atoms with Crippen LogP contribution in [-0.4, -0.2) is 0 Å². The Morgan fingerprint density at radius 3 is 0.647 bits per heavy atom. The van der Waals surface area contributed by atoms with Crippen LogP contribution in [-0.2, 0) is 59.6 Å². The molecule has 0 aliphatic heterocycles. The van der Waals surface area contributed by atoms with Gasteiger partial charge in [0, 0.05) is 55.8 Å². The Bertz CT molecular complexity index is 7200. The fourth-order valence-electron chi connectivity index (χ4n) is 22.7. The predicted molar refractivity (Wildman–Crippen MR) is 601 cm³/mol. The Kier molecular flexibility index (Phi) is 23.1. The van der Waals surface area contributed by atoms with Crippen molar-refractivity contribution in [1.82, 2.24) is 0 Å². The van der Waals surface area contributed by atoms with E-state index in [1.807, 2.05) is 0 Å². The molecule has 0 saturated carbocycles. The summed E-state index contributed by atoms with van der Waals surface area (Å²) < 4.78 is 0. The molecule has 0 bridgehead atoms. The molecule has 0 fully saturated rings. The van der Waals surface area contributed by atoms with Gasteiger partial charge >= 0.3 is 0 Å². The van der Waals surface area contributed by atoms with Crippen LogP contribution in [0, 0.1) is 6.92 Å². The highest BCUT2D eigenvalue weighted by atomic mass is 15.1. The fraction of sp³-hybridized carbons (Fsp3) is 0.299. The molecule has 16 aromatic carbocycles. The van der Waals surface area contributed by atoms with E-state index in [0.29, 0.717) is 0 Å². The molecule has 4 aliphatic carbocycles. The molecule has 0 saturated heterocycles. The Morgan fingerprint density at radius 2 is 0.374 bits per heavy atom. The van der Waals surface area contributed by atoms with Crippen molar-refractivity contribution in [3.63, 3.8) is 0 Å². The van der Waals surface area contributed by atoms with Gasteiger partial charge in [-0.3, -0.25) is 0 Å². The van der Waals surface area contributed by atoms with Crippen LogP contribution in [0.3, 0.4) is 0 Å². The molecule has 2 nitrogen and oxygen atoms in total. The van der Waals surface area contributed by atoms with Gasteiger partial charge in [-0.05, 0) is 343 Å². The number of aryl methyl sites for hydroxylation is 1. The zero-order chi connectivity index (χ0) is 99.1. The van der Waals surface area contributed by atoms with Gasteiger partial charge in [0.25, 0.3) is 0 Å². The highest BCUT2D eigenvalue weighted by Crippen LogP contribution is 2.59. The summed E-state index contributed by atoms with van der Waals surface area (Å²) in [7, 11) is 0. The molecule has 4 aliphatic rings. The van der Waals surface area contributed by atoms with Crippen molar-refractivity contribution in [2.45, 2.75) is 267 Å². The second kappa shape index (κ2) is 33.7. The minimum Gasteiger partial charge on any atom is -0.310 e. The molecule has 0 amide bonds. The molecular weight excluding hydrogens is 1670 g/mol. The fourth-order valence-corrected chi connectivity index (χ4v) is 22.7. The highest BCUT2D eigenvalue weighted by molar-refractivity contribution is 5.96. The Morgan fingerprint density at radius 1 is 0.158 bits per heavy atom. The quantitative estimate of drug-likeness (QED) is 0.120. The van der Waals surface area contributed by atoms with Crippen molar-refractivity contribution in [2.75, 3.05) is 9.80 Å². The first-order chi connectivity index (χ1) is 65.2. The minimum absolute atomic E-state index is 0.0665. The van der Waals surface area contributed by atoms with E-state index < -0.39 is 0 Å². The van der Waals surface area contributed by atoms with Gasteiger partial charge in [-0.2, -0.15) is 0 Å². The molecule has 0 spiro atoms. The third-order valence-electron chi connectivity index (χ3n) is 31.5.